The van der Waals surface area contributed by atoms with Gasteiger partial charge in [-0.15, -0.1) is 0 Å². The van der Waals surface area contributed by atoms with Crippen LogP contribution < -0.4 is 0 Å². The van der Waals surface area contributed by atoms with Gasteiger partial charge in [0, 0.05) is 6.42 Å². The van der Waals surface area contributed by atoms with E-state index in [2.05, 4.69) is 4.85 Å². The van der Waals surface area contributed by atoms with Crippen LogP contribution in [0, 0.1) is 12.0 Å². The molecular formula is C16H15NO2. The summed E-state index contributed by atoms with van der Waals surface area (Å²) < 4.78 is 0. The number of hydrogen-bond donors (Lipinski definition) is 1. The Morgan fingerprint density at radius 1 is 1.37 bits per heavy atom. The van der Waals surface area contributed by atoms with Crippen LogP contribution in [0.4, 0.5) is 0 Å². The minimum Gasteiger partial charge on any atom is -0.508 e. The van der Waals surface area contributed by atoms with Crippen molar-refractivity contribution in [2.45, 2.75) is 19.8 Å². The first kappa shape index (κ1) is 13.1. The van der Waals surface area contributed by atoms with E-state index in [-0.39, 0.29) is 22.6 Å². The monoisotopic (exact) mass is 253 g/mol. The third kappa shape index (κ3) is 3.11. The third-order valence-corrected chi connectivity index (χ3v) is 3.31. The van der Waals surface area contributed by atoms with Crippen LogP contribution in [0.2, 0.25) is 0 Å². The number of Topliss-reactive ketones (excluding diaryl/α,β-unsaturated/α-hetero) is 1. The van der Waals surface area contributed by atoms with Crippen molar-refractivity contribution in [3.63, 3.8) is 0 Å². The number of benzene rings is 1. The largest absolute Gasteiger partial charge is 0.508 e. The van der Waals surface area contributed by atoms with E-state index in [1.165, 1.54) is 0 Å². The highest BCUT2D eigenvalue weighted by Gasteiger charge is 2.27. The molecule has 0 fully saturated rings. The van der Waals surface area contributed by atoms with Crippen molar-refractivity contribution in [2.24, 2.45) is 5.41 Å². The van der Waals surface area contributed by atoms with E-state index in [4.69, 9.17) is 6.57 Å². The summed E-state index contributed by atoms with van der Waals surface area (Å²) in [5.74, 6) is 0.173. The number of nitrogens with zero attached hydrogens (tertiary/aromatic N) is 1. The fraction of sp³-hybridized carbons (Fsp3) is 0.250. The molecule has 1 aromatic rings. The van der Waals surface area contributed by atoms with Crippen molar-refractivity contribution >= 4 is 11.9 Å². The number of phenolic OH excluding ortho intramolecular Hbond substituents is 1. The first-order valence-corrected chi connectivity index (χ1v) is 6.14. The summed E-state index contributed by atoms with van der Waals surface area (Å²) >= 11 is 0. The number of hydrogen-bond acceptors (Lipinski definition) is 2. The molecule has 1 aliphatic carbocycles. The highest BCUT2D eigenvalue weighted by molar-refractivity contribution is 5.98. The number of carbonyl (C=O) groups is 1. The molecule has 3 nitrogen and oxygen atoms in total. The van der Waals surface area contributed by atoms with E-state index < -0.39 is 0 Å². The lowest BCUT2D eigenvalue weighted by Crippen LogP contribution is -2.19. The average molecular weight is 253 g/mol. The Balaban J connectivity index is 2.22. The second kappa shape index (κ2) is 5.11. The topological polar surface area (TPSA) is 41.7 Å². The lowest BCUT2D eigenvalue weighted by molar-refractivity contribution is -0.116. The molecule has 1 aromatic carbocycles. The zero-order chi connectivity index (χ0) is 13.9. The van der Waals surface area contributed by atoms with Gasteiger partial charge < -0.3 is 9.90 Å². The molecule has 0 saturated carbocycles. The van der Waals surface area contributed by atoms with Crippen molar-refractivity contribution in [1.29, 1.82) is 0 Å². The maximum Gasteiger partial charge on any atom is 0.226 e. The van der Waals surface area contributed by atoms with Gasteiger partial charge in [-0.05, 0) is 29.5 Å². The maximum atomic E-state index is 11.5. The van der Waals surface area contributed by atoms with E-state index in [1.54, 1.807) is 18.2 Å². The first-order valence-electron chi connectivity index (χ1n) is 6.14. The SMILES string of the molecule is [C-]#[N+]C1=C[C@](C)(/C=C/c2ccc(O)cc2)CCC1=O. The molecule has 0 spiro atoms. The van der Waals surface area contributed by atoms with Crippen LogP contribution in [0.5, 0.6) is 5.75 Å². The van der Waals surface area contributed by atoms with Crippen LogP contribution in [0.15, 0.2) is 42.1 Å². The predicted molar refractivity (Wildman–Crippen MR) is 74.2 cm³/mol. The Bertz CT molecular complexity index is 590. The Labute approximate surface area is 112 Å². The molecule has 3 heteroatoms. The van der Waals surface area contributed by atoms with Gasteiger partial charge in [0.1, 0.15) is 5.75 Å². The van der Waals surface area contributed by atoms with Crippen molar-refractivity contribution < 1.29 is 9.90 Å². The molecule has 0 aliphatic heterocycles. The smallest absolute Gasteiger partial charge is 0.226 e. The van der Waals surface area contributed by atoms with Crippen LogP contribution in [0.1, 0.15) is 25.3 Å². The summed E-state index contributed by atoms with van der Waals surface area (Å²) in [5.41, 5.74) is 0.962. The zero-order valence-electron chi connectivity index (χ0n) is 10.8. The minimum absolute atomic E-state index is 0.0643. The lowest BCUT2D eigenvalue weighted by atomic mass is 9.79. The van der Waals surface area contributed by atoms with Crippen molar-refractivity contribution in [3.8, 4) is 5.75 Å². The van der Waals surface area contributed by atoms with E-state index in [0.29, 0.717) is 6.42 Å². The number of rotatable bonds is 2. The van der Waals surface area contributed by atoms with Crippen LogP contribution >= 0.6 is 0 Å². The number of ketones is 1. The molecule has 0 radical (unpaired) electrons. The van der Waals surface area contributed by atoms with Crippen LogP contribution in [0.3, 0.4) is 0 Å². The summed E-state index contributed by atoms with van der Waals surface area (Å²) in [7, 11) is 0. The van der Waals surface area contributed by atoms with Crippen LogP contribution in [-0.2, 0) is 4.79 Å². The molecule has 0 unspecified atom stereocenters. The molecule has 0 saturated heterocycles. The first-order chi connectivity index (χ1) is 9.02. The quantitative estimate of drug-likeness (QED) is 0.818. The predicted octanol–water partition coefficient (Wildman–Crippen LogP) is 3.58. The Morgan fingerprint density at radius 2 is 2.05 bits per heavy atom. The Hall–Kier alpha value is -2.34. The van der Waals surface area contributed by atoms with Crippen molar-refractivity contribution in [2.75, 3.05) is 0 Å². The van der Waals surface area contributed by atoms with Gasteiger partial charge in [-0.1, -0.05) is 37.3 Å². The third-order valence-electron chi connectivity index (χ3n) is 3.31. The van der Waals surface area contributed by atoms with E-state index in [9.17, 15) is 9.90 Å². The van der Waals surface area contributed by atoms with Gasteiger partial charge >= 0.3 is 0 Å². The zero-order valence-corrected chi connectivity index (χ0v) is 10.8. The number of carbonyl (C=O) groups excluding carboxylic acids is 1. The molecule has 0 amide bonds. The van der Waals surface area contributed by atoms with Gasteiger partial charge in [-0.25, -0.2) is 4.85 Å². The summed E-state index contributed by atoms with van der Waals surface area (Å²) in [4.78, 5) is 14.8. The molecule has 19 heavy (non-hydrogen) atoms. The molecule has 1 atom stereocenters. The molecule has 0 bridgehead atoms. The lowest BCUT2D eigenvalue weighted by Gasteiger charge is -2.26. The van der Waals surface area contributed by atoms with Gasteiger partial charge in [-0.2, -0.15) is 0 Å². The highest BCUT2D eigenvalue weighted by atomic mass is 16.3. The van der Waals surface area contributed by atoms with E-state index >= 15 is 0 Å². The highest BCUT2D eigenvalue weighted by Crippen LogP contribution is 2.34. The number of aromatic hydroxyl groups is 1. The van der Waals surface area contributed by atoms with Gasteiger partial charge in [-0.3, -0.25) is 0 Å². The molecule has 1 N–H and O–H groups in total. The number of phenols is 1. The Morgan fingerprint density at radius 3 is 2.68 bits per heavy atom. The maximum absolute atomic E-state index is 11.5. The second-order valence-corrected chi connectivity index (χ2v) is 5.00. The van der Waals surface area contributed by atoms with E-state index in [0.717, 1.165) is 12.0 Å². The molecule has 0 aromatic heterocycles. The van der Waals surface area contributed by atoms with E-state index in [1.807, 2.05) is 31.2 Å². The van der Waals surface area contributed by atoms with Gasteiger partial charge in [0.25, 0.3) is 0 Å². The number of allylic oxidation sites excluding steroid dienone is 3. The molecule has 2 rings (SSSR count). The van der Waals surface area contributed by atoms with Gasteiger partial charge in [0.15, 0.2) is 5.78 Å². The van der Waals surface area contributed by atoms with Crippen LogP contribution in [0.25, 0.3) is 10.9 Å². The average Bonchev–Trinajstić information content (AvgIpc) is 2.41. The Kier molecular flexibility index (Phi) is 3.52. The van der Waals surface area contributed by atoms with Crippen LogP contribution in [-0.4, -0.2) is 10.9 Å². The summed E-state index contributed by atoms with van der Waals surface area (Å²) in [6, 6.07) is 6.91. The second-order valence-electron chi connectivity index (χ2n) is 5.00. The molecular weight excluding hydrogens is 238 g/mol. The normalized spacial score (nSPS) is 23.2. The molecule has 96 valence electrons. The van der Waals surface area contributed by atoms with Gasteiger partial charge in [0.05, 0.1) is 6.57 Å². The summed E-state index contributed by atoms with van der Waals surface area (Å²) in [5, 5.41) is 9.22. The fourth-order valence-electron chi connectivity index (χ4n) is 2.07. The van der Waals surface area contributed by atoms with Gasteiger partial charge in [0.2, 0.25) is 5.70 Å². The summed E-state index contributed by atoms with van der Waals surface area (Å²) in [6.45, 7) is 9.02. The molecule has 1 aliphatic rings. The minimum atomic E-state index is -0.258. The standard InChI is InChI=1S/C16H15NO2/c1-16(10-8-15(19)14(11-16)17-2)9-7-12-3-5-13(18)6-4-12/h3-7,9,11,18H,8,10H2,1H3/b9-7+/t16-/m1/s1. The van der Waals surface area contributed by atoms with Crippen molar-refractivity contribution in [3.05, 3.63) is 59.1 Å². The van der Waals surface area contributed by atoms with Crippen molar-refractivity contribution in [1.82, 2.24) is 0 Å². The molecule has 0 heterocycles. The summed E-state index contributed by atoms with van der Waals surface area (Å²) in [6.07, 6.45) is 6.86. The fourth-order valence-corrected chi connectivity index (χ4v) is 2.07.